The predicted molar refractivity (Wildman–Crippen MR) is 103 cm³/mol. The van der Waals surface area contributed by atoms with E-state index in [1.807, 2.05) is 0 Å². The summed E-state index contributed by atoms with van der Waals surface area (Å²) in [7, 11) is 3.05. The average molecular weight is 377 g/mol. The van der Waals surface area contributed by atoms with E-state index < -0.39 is 17.4 Å². The van der Waals surface area contributed by atoms with Gasteiger partial charge in [-0.3, -0.25) is 13.9 Å². The lowest BCUT2D eigenvalue weighted by molar-refractivity contribution is 0.0404. The number of aliphatic hydroxyl groups excluding tert-OH is 1. The number of imidazole rings is 1. The molecule has 0 spiro atoms. The van der Waals surface area contributed by atoms with Gasteiger partial charge in [-0.05, 0) is 19.3 Å². The van der Waals surface area contributed by atoms with Crippen molar-refractivity contribution in [3.05, 3.63) is 33.5 Å². The summed E-state index contributed by atoms with van der Waals surface area (Å²) in [6.07, 6.45) is 4.06. The maximum absolute atomic E-state index is 12.8. The number of piperidine rings is 1. The molecule has 2 aromatic heterocycles. The first-order valence-electron chi connectivity index (χ1n) is 9.23. The second-order valence-corrected chi connectivity index (χ2v) is 6.93. The van der Waals surface area contributed by atoms with E-state index in [9.17, 15) is 14.7 Å². The fraction of sp³-hybridized carbons (Fsp3) is 0.611. The number of hydrogen-bond acceptors (Lipinski definition) is 6. The molecule has 9 heteroatoms. The number of fused-ring (bicyclic) bond motifs is 1. The van der Waals surface area contributed by atoms with Gasteiger partial charge >= 0.3 is 5.69 Å². The van der Waals surface area contributed by atoms with Crippen LogP contribution >= 0.6 is 0 Å². The number of hydrogen-bond donors (Lipinski definition) is 1. The Morgan fingerprint density at radius 1 is 1.22 bits per heavy atom. The Balaban J connectivity index is 2.10. The maximum Gasteiger partial charge on any atom is 0.332 e. The third-order valence-electron chi connectivity index (χ3n) is 4.91. The van der Waals surface area contributed by atoms with Crippen LogP contribution in [-0.4, -0.2) is 56.2 Å². The van der Waals surface area contributed by atoms with Crippen molar-refractivity contribution in [2.45, 2.75) is 31.9 Å². The molecule has 1 fully saturated rings. The molecule has 3 heterocycles. The van der Waals surface area contributed by atoms with E-state index in [-0.39, 0.29) is 13.2 Å². The lowest BCUT2D eigenvalue weighted by Gasteiger charge is -2.28. The Hall–Kier alpha value is -2.39. The van der Waals surface area contributed by atoms with Crippen molar-refractivity contribution in [1.29, 1.82) is 0 Å². The summed E-state index contributed by atoms with van der Waals surface area (Å²) in [5, 5.41) is 10.4. The molecule has 1 atom stereocenters. The highest BCUT2D eigenvalue weighted by Crippen LogP contribution is 2.23. The number of aliphatic hydroxyl groups is 1. The highest BCUT2D eigenvalue weighted by atomic mass is 16.5. The number of ether oxygens (including phenoxy) is 1. The van der Waals surface area contributed by atoms with Gasteiger partial charge in [-0.2, -0.15) is 4.98 Å². The third kappa shape index (κ3) is 3.70. The molecule has 1 unspecified atom stereocenters. The predicted octanol–water partition coefficient (Wildman–Crippen LogP) is -0.0125. The number of aryl methyl sites for hydroxylation is 1. The zero-order valence-corrected chi connectivity index (χ0v) is 15.9. The van der Waals surface area contributed by atoms with Crippen molar-refractivity contribution in [3.8, 4) is 0 Å². The largest absolute Gasteiger partial charge is 0.389 e. The highest BCUT2D eigenvalue weighted by Gasteiger charge is 2.25. The Labute approximate surface area is 157 Å². The monoisotopic (exact) mass is 377 g/mol. The van der Waals surface area contributed by atoms with Gasteiger partial charge in [-0.1, -0.05) is 6.08 Å². The van der Waals surface area contributed by atoms with Gasteiger partial charge in [0.25, 0.3) is 5.56 Å². The van der Waals surface area contributed by atoms with Gasteiger partial charge in [0, 0.05) is 27.2 Å². The molecule has 9 nitrogen and oxygen atoms in total. The summed E-state index contributed by atoms with van der Waals surface area (Å²) in [5.74, 6) is 0.616. The van der Waals surface area contributed by atoms with E-state index >= 15 is 0 Å². The second kappa shape index (κ2) is 8.10. The van der Waals surface area contributed by atoms with Crippen molar-refractivity contribution in [2.24, 2.45) is 14.1 Å². The molecule has 1 aliphatic rings. The summed E-state index contributed by atoms with van der Waals surface area (Å²) in [6.45, 7) is 5.88. The first kappa shape index (κ1) is 19.4. The zero-order chi connectivity index (χ0) is 19.6. The average Bonchev–Trinajstić information content (AvgIpc) is 3.05. The van der Waals surface area contributed by atoms with Crippen LogP contribution in [0.2, 0.25) is 0 Å². The molecule has 148 valence electrons. The third-order valence-corrected chi connectivity index (χ3v) is 4.91. The van der Waals surface area contributed by atoms with Gasteiger partial charge in [0.1, 0.15) is 0 Å². The molecule has 1 aliphatic heterocycles. The number of nitrogens with zero attached hydrogens (tertiary/aromatic N) is 5. The van der Waals surface area contributed by atoms with Crippen LogP contribution in [0.3, 0.4) is 0 Å². The molecule has 2 aromatic rings. The SMILES string of the molecule is C=CCOCC(O)Cn1c(N2CCCCC2)nc2c1c(=O)n(C)c(=O)n2C. The van der Waals surface area contributed by atoms with Gasteiger partial charge < -0.3 is 19.3 Å². The minimum atomic E-state index is -0.812. The van der Waals surface area contributed by atoms with Crippen LogP contribution in [0.4, 0.5) is 5.95 Å². The Kier molecular flexibility index (Phi) is 5.81. The Bertz CT molecular complexity index is 936. The second-order valence-electron chi connectivity index (χ2n) is 6.93. The topological polar surface area (TPSA) is 94.5 Å². The lowest BCUT2D eigenvalue weighted by Crippen LogP contribution is -2.38. The summed E-state index contributed by atoms with van der Waals surface area (Å²) >= 11 is 0. The standard InChI is InChI=1S/C18H27N5O4/c1-4-10-27-12-13(24)11-23-14-15(20(2)18(26)21(3)16(14)25)19-17(23)22-8-6-5-7-9-22/h4,13,24H,1,5-12H2,2-3H3. The number of anilines is 1. The van der Waals surface area contributed by atoms with E-state index in [1.165, 1.54) is 11.6 Å². The molecule has 1 N–H and O–H groups in total. The van der Waals surface area contributed by atoms with Crippen LogP contribution in [-0.2, 0) is 25.4 Å². The van der Waals surface area contributed by atoms with Crippen LogP contribution in [0.5, 0.6) is 0 Å². The Morgan fingerprint density at radius 2 is 1.93 bits per heavy atom. The Morgan fingerprint density at radius 3 is 2.59 bits per heavy atom. The van der Waals surface area contributed by atoms with Crippen LogP contribution in [0.25, 0.3) is 11.2 Å². The summed E-state index contributed by atoms with van der Waals surface area (Å²) < 4.78 is 9.51. The van der Waals surface area contributed by atoms with E-state index in [4.69, 9.17) is 4.74 Å². The molecule has 0 amide bonds. The van der Waals surface area contributed by atoms with Crippen molar-refractivity contribution < 1.29 is 9.84 Å². The first-order valence-corrected chi connectivity index (χ1v) is 9.23. The number of aromatic nitrogens is 4. The van der Waals surface area contributed by atoms with Gasteiger partial charge in [-0.15, -0.1) is 6.58 Å². The molecular formula is C18H27N5O4. The van der Waals surface area contributed by atoms with Gasteiger partial charge in [0.15, 0.2) is 11.2 Å². The summed E-state index contributed by atoms with van der Waals surface area (Å²) in [6, 6.07) is 0. The molecular weight excluding hydrogens is 350 g/mol. The van der Waals surface area contributed by atoms with Crippen LogP contribution in [0, 0.1) is 0 Å². The summed E-state index contributed by atoms with van der Waals surface area (Å²) in [5.41, 5.74) is -0.175. The van der Waals surface area contributed by atoms with Crippen LogP contribution < -0.4 is 16.1 Å². The normalized spacial score (nSPS) is 16.0. The molecule has 0 aliphatic carbocycles. The van der Waals surface area contributed by atoms with E-state index in [0.29, 0.717) is 23.7 Å². The molecule has 1 saturated heterocycles. The van der Waals surface area contributed by atoms with Crippen molar-refractivity contribution in [2.75, 3.05) is 31.2 Å². The van der Waals surface area contributed by atoms with Gasteiger partial charge in [-0.25, -0.2) is 4.79 Å². The van der Waals surface area contributed by atoms with Crippen LogP contribution in [0.15, 0.2) is 22.2 Å². The fourth-order valence-electron chi connectivity index (χ4n) is 3.49. The van der Waals surface area contributed by atoms with E-state index in [1.54, 1.807) is 17.7 Å². The smallest absolute Gasteiger partial charge is 0.332 e. The molecule has 0 radical (unpaired) electrons. The van der Waals surface area contributed by atoms with Crippen molar-refractivity contribution in [3.63, 3.8) is 0 Å². The quantitative estimate of drug-likeness (QED) is 0.539. The molecule has 27 heavy (non-hydrogen) atoms. The summed E-state index contributed by atoms with van der Waals surface area (Å²) in [4.78, 5) is 31.8. The van der Waals surface area contributed by atoms with Gasteiger partial charge in [0.2, 0.25) is 5.95 Å². The van der Waals surface area contributed by atoms with E-state index in [2.05, 4.69) is 16.5 Å². The fourth-order valence-corrected chi connectivity index (χ4v) is 3.49. The number of rotatable bonds is 7. The van der Waals surface area contributed by atoms with Crippen molar-refractivity contribution >= 4 is 17.1 Å². The maximum atomic E-state index is 12.8. The molecule has 0 aromatic carbocycles. The minimum absolute atomic E-state index is 0.122. The molecule has 0 saturated carbocycles. The molecule has 3 rings (SSSR count). The molecule has 0 bridgehead atoms. The van der Waals surface area contributed by atoms with Gasteiger partial charge in [0.05, 0.1) is 25.9 Å². The first-order chi connectivity index (χ1) is 13.0. The highest BCUT2D eigenvalue weighted by molar-refractivity contribution is 5.74. The zero-order valence-electron chi connectivity index (χ0n) is 15.9. The van der Waals surface area contributed by atoms with Crippen LogP contribution in [0.1, 0.15) is 19.3 Å². The lowest BCUT2D eigenvalue weighted by atomic mass is 10.1. The van der Waals surface area contributed by atoms with E-state index in [0.717, 1.165) is 36.9 Å². The van der Waals surface area contributed by atoms with Crippen molar-refractivity contribution in [1.82, 2.24) is 18.7 Å². The minimum Gasteiger partial charge on any atom is -0.389 e.